The van der Waals surface area contributed by atoms with Crippen LogP contribution in [-0.2, 0) is 9.53 Å². The summed E-state index contributed by atoms with van der Waals surface area (Å²) >= 11 is 0. The minimum absolute atomic E-state index is 0.192. The number of amides is 1. The van der Waals surface area contributed by atoms with E-state index < -0.39 is 0 Å². The maximum atomic E-state index is 12.2. The molecule has 0 aromatic carbocycles. The molecule has 0 aliphatic carbocycles. The van der Waals surface area contributed by atoms with Gasteiger partial charge in [0.1, 0.15) is 0 Å². The molecule has 5 nitrogen and oxygen atoms in total. The second-order valence-corrected chi connectivity index (χ2v) is 4.68. The van der Waals surface area contributed by atoms with Crippen molar-refractivity contribution >= 4 is 11.9 Å². The lowest BCUT2D eigenvalue weighted by molar-refractivity contribution is -0.143. The molecular weight excluding hydrogens is 246 g/mol. The van der Waals surface area contributed by atoms with Gasteiger partial charge in [0.25, 0.3) is 5.91 Å². The molecule has 0 saturated carbocycles. The number of hydrogen-bond acceptors (Lipinski definition) is 4. The second-order valence-electron chi connectivity index (χ2n) is 4.68. The van der Waals surface area contributed by atoms with Crippen LogP contribution in [0.25, 0.3) is 0 Å². The van der Waals surface area contributed by atoms with Crippen molar-refractivity contribution < 1.29 is 18.7 Å². The lowest BCUT2D eigenvalue weighted by Gasteiger charge is -2.23. The molecule has 0 N–H and O–H groups in total. The van der Waals surface area contributed by atoms with Crippen LogP contribution < -0.4 is 0 Å². The maximum Gasteiger partial charge on any atom is 0.307 e. The van der Waals surface area contributed by atoms with Gasteiger partial charge in [0.05, 0.1) is 19.3 Å². The predicted molar refractivity (Wildman–Crippen MR) is 70.7 cm³/mol. The van der Waals surface area contributed by atoms with E-state index in [0.717, 1.165) is 0 Å². The van der Waals surface area contributed by atoms with Gasteiger partial charge in [-0.2, -0.15) is 0 Å². The molecule has 1 aromatic rings. The number of furan rings is 1. The molecule has 0 spiro atoms. The van der Waals surface area contributed by atoms with Crippen molar-refractivity contribution in [2.24, 2.45) is 5.92 Å². The zero-order chi connectivity index (χ0) is 14.3. The summed E-state index contributed by atoms with van der Waals surface area (Å²) in [7, 11) is 0. The zero-order valence-corrected chi connectivity index (χ0v) is 11.7. The van der Waals surface area contributed by atoms with Gasteiger partial charge in [-0.25, -0.2) is 0 Å². The molecule has 1 amide bonds. The van der Waals surface area contributed by atoms with Gasteiger partial charge in [-0.15, -0.1) is 0 Å². The Balaban J connectivity index is 2.61. The fourth-order valence-electron chi connectivity index (χ4n) is 1.73. The number of carbonyl (C=O) groups excluding carboxylic acids is 2. The number of rotatable bonds is 7. The van der Waals surface area contributed by atoms with Gasteiger partial charge in [-0.05, 0) is 25.0 Å². The summed E-state index contributed by atoms with van der Waals surface area (Å²) in [6.45, 7) is 7.09. The summed E-state index contributed by atoms with van der Waals surface area (Å²) < 4.78 is 9.97. The summed E-state index contributed by atoms with van der Waals surface area (Å²) in [4.78, 5) is 25.2. The minimum atomic E-state index is -0.288. The molecular formula is C14H21NO4. The van der Waals surface area contributed by atoms with E-state index in [9.17, 15) is 9.59 Å². The van der Waals surface area contributed by atoms with Gasteiger partial charge in [-0.3, -0.25) is 9.59 Å². The van der Waals surface area contributed by atoms with Crippen molar-refractivity contribution in [2.75, 3.05) is 19.7 Å². The molecule has 0 unspecified atom stereocenters. The first-order valence-corrected chi connectivity index (χ1v) is 6.53. The molecule has 1 aromatic heterocycles. The Morgan fingerprint density at radius 2 is 2.16 bits per heavy atom. The molecule has 5 heteroatoms. The third-order valence-electron chi connectivity index (χ3n) is 2.50. The first-order chi connectivity index (χ1) is 9.04. The largest absolute Gasteiger partial charge is 0.466 e. The maximum absolute atomic E-state index is 12.2. The van der Waals surface area contributed by atoms with Crippen LogP contribution in [0.2, 0.25) is 0 Å². The smallest absolute Gasteiger partial charge is 0.307 e. The highest BCUT2D eigenvalue weighted by atomic mass is 16.5. The van der Waals surface area contributed by atoms with Crippen molar-refractivity contribution in [2.45, 2.75) is 27.2 Å². The van der Waals surface area contributed by atoms with Crippen molar-refractivity contribution in [1.29, 1.82) is 0 Å². The van der Waals surface area contributed by atoms with Crippen molar-refractivity contribution in [3.63, 3.8) is 0 Å². The van der Waals surface area contributed by atoms with Gasteiger partial charge in [0, 0.05) is 13.1 Å². The zero-order valence-electron chi connectivity index (χ0n) is 11.7. The Morgan fingerprint density at radius 3 is 2.68 bits per heavy atom. The van der Waals surface area contributed by atoms with E-state index in [1.54, 1.807) is 24.0 Å². The van der Waals surface area contributed by atoms with Crippen LogP contribution in [0.15, 0.2) is 22.8 Å². The molecule has 0 atom stereocenters. The van der Waals surface area contributed by atoms with E-state index >= 15 is 0 Å². The molecule has 1 rings (SSSR count). The van der Waals surface area contributed by atoms with Crippen LogP contribution in [0, 0.1) is 5.92 Å². The number of nitrogens with zero attached hydrogens (tertiary/aromatic N) is 1. The van der Waals surface area contributed by atoms with Crippen molar-refractivity contribution in [3.05, 3.63) is 24.2 Å². The average molecular weight is 267 g/mol. The van der Waals surface area contributed by atoms with E-state index in [0.29, 0.717) is 31.4 Å². The lowest BCUT2D eigenvalue weighted by Crippen LogP contribution is -2.36. The first-order valence-electron chi connectivity index (χ1n) is 6.53. The third kappa shape index (κ3) is 5.16. The Bertz CT molecular complexity index is 398. The van der Waals surface area contributed by atoms with Crippen molar-refractivity contribution in [3.8, 4) is 0 Å². The average Bonchev–Trinajstić information content (AvgIpc) is 2.87. The van der Waals surface area contributed by atoms with Crippen LogP contribution in [0.1, 0.15) is 37.7 Å². The van der Waals surface area contributed by atoms with Gasteiger partial charge in [0.2, 0.25) is 0 Å². The number of esters is 1. The Morgan fingerprint density at radius 1 is 1.42 bits per heavy atom. The summed E-state index contributed by atoms with van der Waals surface area (Å²) in [6, 6.07) is 3.30. The van der Waals surface area contributed by atoms with Gasteiger partial charge in [-0.1, -0.05) is 13.8 Å². The number of carbonyl (C=O) groups is 2. The standard InChI is InChI=1S/C14H21NO4/c1-4-18-13(16)7-8-15(10-11(2)3)14(17)12-6-5-9-19-12/h5-6,9,11H,4,7-8,10H2,1-3H3. The SMILES string of the molecule is CCOC(=O)CCN(CC(C)C)C(=O)c1ccco1. The number of hydrogen-bond donors (Lipinski definition) is 0. The van der Waals surface area contributed by atoms with E-state index in [2.05, 4.69) is 0 Å². The van der Waals surface area contributed by atoms with Crippen LogP contribution >= 0.6 is 0 Å². The summed E-state index contributed by atoms with van der Waals surface area (Å²) in [5.74, 6) is 0.136. The Kier molecular flexibility index (Phi) is 6.12. The fourth-order valence-corrected chi connectivity index (χ4v) is 1.73. The van der Waals surface area contributed by atoms with Crippen LogP contribution in [0.4, 0.5) is 0 Å². The highest BCUT2D eigenvalue weighted by molar-refractivity contribution is 5.91. The Labute approximate surface area is 113 Å². The Hall–Kier alpha value is -1.78. The monoisotopic (exact) mass is 267 g/mol. The highest BCUT2D eigenvalue weighted by Crippen LogP contribution is 2.09. The summed E-state index contributed by atoms with van der Waals surface area (Å²) in [5, 5.41) is 0. The molecule has 0 saturated heterocycles. The lowest BCUT2D eigenvalue weighted by atomic mass is 10.2. The molecule has 1 heterocycles. The molecule has 0 bridgehead atoms. The fraction of sp³-hybridized carbons (Fsp3) is 0.571. The third-order valence-corrected chi connectivity index (χ3v) is 2.50. The highest BCUT2D eigenvalue weighted by Gasteiger charge is 2.20. The minimum Gasteiger partial charge on any atom is -0.466 e. The van der Waals surface area contributed by atoms with Crippen LogP contribution in [-0.4, -0.2) is 36.5 Å². The predicted octanol–water partition coefficient (Wildman–Crippen LogP) is 2.33. The van der Waals surface area contributed by atoms with Crippen molar-refractivity contribution in [1.82, 2.24) is 4.90 Å². The quantitative estimate of drug-likeness (QED) is 0.711. The van der Waals surface area contributed by atoms with Crippen LogP contribution in [0.5, 0.6) is 0 Å². The van der Waals surface area contributed by atoms with Gasteiger partial charge >= 0.3 is 5.97 Å². The molecule has 106 valence electrons. The number of ether oxygens (including phenoxy) is 1. The van der Waals surface area contributed by atoms with E-state index in [1.165, 1.54) is 6.26 Å². The molecule has 0 aliphatic heterocycles. The normalized spacial score (nSPS) is 10.5. The van der Waals surface area contributed by atoms with Gasteiger partial charge in [0.15, 0.2) is 5.76 Å². The molecule has 0 aliphatic rings. The summed E-state index contributed by atoms with van der Waals surface area (Å²) in [5.41, 5.74) is 0. The topological polar surface area (TPSA) is 59.8 Å². The summed E-state index contributed by atoms with van der Waals surface area (Å²) in [6.07, 6.45) is 1.67. The van der Waals surface area contributed by atoms with Gasteiger partial charge < -0.3 is 14.1 Å². The first kappa shape index (κ1) is 15.3. The second kappa shape index (κ2) is 7.61. The van der Waals surface area contributed by atoms with Crippen LogP contribution in [0.3, 0.4) is 0 Å². The molecule has 0 fully saturated rings. The molecule has 19 heavy (non-hydrogen) atoms. The molecule has 0 radical (unpaired) electrons. The van der Waals surface area contributed by atoms with E-state index in [1.807, 2.05) is 13.8 Å². The van der Waals surface area contributed by atoms with E-state index in [4.69, 9.17) is 9.15 Å². The van der Waals surface area contributed by atoms with E-state index in [-0.39, 0.29) is 18.3 Å².